The molecule has 0 aliphatic heterocycles. The van der Waals surface area contributed by atoms with Gasteiger partial charge in [0.1, 0.15) is 26.4 Å². The second kappa shape index (κ2) is 19.0. The number of hydrogen-bond donors (Lipinski definition) is 0. The molecule has 0 heterocycles. The normalized spacial score (nSPS) is 11.2. The molecule has 0 radical (unpaired) electrons. The molecule has 0 N–H and O–H groups in total. The fourth-order valence-electron chi connectivity index (χ4n) is 1.62. The number of hydrogen-bond acceptors (Lipinski definition) is 11. The molecular weight excluding hydrogens is 392 g/mol. The smallest absolute Gasteiger partial charge is 0.460 e. The minimum Gasteiger partial charge on any atom is -0.460 e. The summed E-state index contributed by atoms with van der Waals surface area (Å²) in [5, 5.41) is 0. The van der Waals surface area contributed by atoms with E-state index in [1.54, 1.807) is 0 Å². The van der Waals surface area contributed by atoms with Gasteiger partial charge in [-0.3, -0.25) is 0 Å². The molecule has 0 rings (SSSR count). The first-order valence-corrected chi connectivity index (χ1v) is 9.18. The van der Waals surface area contributed by atoms with E-state index in [-0.39, 0.29) is 52.9 Å². The van der Waals surface area contributed by atoms with Crippen LogP contribution in [-0.2, 0) is 42.7 Å². The molecule has 0 aliphatic carbocycles. The van der Waals surface area contributed by atoms with Crippen LogP contribution in [0.3, 0.4) is 0 Å². The molecule has 11 nitrogen and oxygen atoms in total. The van der Waals surface area contributed by atoms with Crippen molar-refractivity contribution in [3.8, 4) is 0 Å². The summed E-state index contributed by atoms with van der Waals surface area (Å²) < 4.78 is 39.6. The van der Waals surface area contributed by atoms with Gasteiger partial charge in [0, 0.05) is 19.3 Å². The van der Waals surface area contributed by atoms with Crippen molar-refractivity contribution in [1.82, 2.24) is 0 Å². The summed E-state index contributed by atoms with van der Waals surface area (Å²) in [6.07, 6.45) is -1.84. The Balaban J connectivity index is 4.28. The summed E-state index contributed by atoms with van der Waals surface area (Å²) in [6.45, 7) is 7.96. The lowest BCUT2D eigenvalue weighted by Gasteiger charge is -2.17. The summed E-state index contributed by atoms with van der Waals surface area (Å²) in [5.41, 5.74) is 0. The number of carbonyl (C=O) groups is 3. The maximum Gasteiger partial charge on any atom is 0.508 e. The van der Waals surface area contributed by atoms with E-state index in [1.165, 1.54) is 0 Å². The highest BCUT2D eigenvalue weighted by Crippen LogP contribution is 2.01. The van der Waals surface area contributed by atoms with Crippen LogP contribution in [0.1, 0.15) is 13.8 Å². The second-order valence-electron chi connectivity index (χ2n) is 5.09. The standard InChI is InChI=1S/C18H30O11/c1-4-16(19)25-10-9-24-13-15(29-18(21)27-12-8-23-6-3)14-28-17(20)26-11-7-22-5-2/h4,15H,1,5-14H2,2-3H3. The largest absolute Gasteiger partial charge is 0.508 e. The number of carbonyl (C=O) groups excluding carboxylic acids is 3. The van der Waals surface area contributed by atoms with Gasteiger partial charge >= 0.3 is 18.3 Å². The lowest BCUT2D eigenvalue weighted by molar-refractivity contribution is -0.139. The lowest BCUT2D eigenvalue weighted by Crippen LogP contribution is -2.31. The van der Waals surface area contributed by atoms with Gasteiger partial charge in [-0.1, -0.05) is 6.58 Å². The third kappa shape index (κ3) is 17.5. The van der Waals surface area contributed by atoms with Crippen LogP contribution in [0.4, 0.5) is 9.59 Å². The molecule has 0 fully saturated rings. The number of rotatable bonds is 17. The maximum atomic E-state index is 11.7. The summed E-state index contributed by atoms with van der Waals surface area (Å²) in [7, 11) is 0. The first-order chi connectivity index (χ1) is 14.0. The van der Waals surface area contributed by atoms with Gasteiger partial charge in [-0.2, -0.15) is 0 Å². The van der Waals surface area contributed by atoms with Crippen LogP contribution in [0, 0.1) is 0 Å². The molecule has 0 spiro atoms. The Morgan fingerprint density at radius 3 is 1.86 bits per heavy atom. The van der Waals surface area contributed by atoms with Gasteiger partial charge in [0.25, 0.3) is 0 Å². The van der Waals surface area contributed by atoms with Gasteiger partial charge in [-0.05, 0) is 13.8 Å². The van der Waals surface area contributed by atoms with Crippen LogP contribution in [-0.4, -0.2) is 90.5 Å². The Kier molecular flexibility index (Phi) is 17.4. The molecular formula is C18H30O11. The van der Waals surface area contributed by atoms with Crippen LogP contribution >= 0.6 is 0 Å². The molecule has 0 aliphatic rings. The Morgan fingerprint density at radius 2 is 1.28 bits per heavy atom. The number of ether oxygens (including phenoxy) is 8. The minimum atomic E-state index is -0.968. The predicted octanol–water partition coefficient (Wildman–Crippen LogP) is 1.48. The van der Waals surface area contributed by atoms with E-state index in [0.717, 1.165) is 6.08 Å². The zero-order valence-corrected chi connectivity index (χ0v) is 16.9. The summed E-state index contributed by atoms with van der Waals surface area (Å²) in [6, 6.07) is 0. The highest BCUT2D eigenvalue weighted by molar-refractivity contribution is 5.81. The minimum absolute atomic E-state index is 0.0120. The highest BCUT2D eigenvalue weighted by atomic mass is 16.8. The van der Waals surface area contributed by atoms with Crippen molar-refractivity contribution in [2.75, 3.05) is 66.1 Å². The van der Waals surface area contributed by atoms with Crippen molar-refractivity contribution in [3.63, 3.8) is 0 Å². The molecule has 0 bridgehead atoms. The Hall–Kier alpha value is -2.37. The zero-order chi connectivity index (χ0) is 21.7. The Morgan fingerprint density at radius 1 is 0.724 bits per heavy atom. The monoisotopic (exact) mass is 422 g/mol. The fourth-order valence-corrected chi connectivity index (χ4v) is 1.62. The van der Waals surface area contributed by atoms with Gasteiger partial charge in [0.05, 0.1) is 26.4 Å². The van der Waals surface area contributed by atoms with Gasteiger partial charge in [-0.25, -0.2) is 14.4 Å². The van der Waals surface area contributed by atoms with Gasteiger partial charge in [-0.15, -0.1) is 0 Å². The van der Waals surface area contributed by atoms with Crippen LogP contribution in [0.25, 0.3) is 0 Å². The summed E-state index contributed by atoms with van der Waals surface area (Å²) >= 11 is 0. The van der Waals surface area contributed by atoms with Crippen LogP contribution < -0.4 is 0 Å². The van der Waals surface area contributed by atoms with Crippen molar-refractivity contribution in [2.24, 2.45) is 0 Å². The van der Waals surface area contributed by atoms with E-state index in [1.807, 2.05) is 13.8 Å². The Bertz CT molecular complexity index is 467. The first-order valence-electron chi connectivity index (χ1n) is 9.18. The molecule has 1 unspecified atom stereocenters. The van der Waals surface area contributed by atoms with Gasteiger partial charge in [0.2, 0.25) is 0 Å². The molecule has 0 saturated heterocycles. The van der Waals surface area contributed by atoms with Crippen LogP contribution in [0.5, 0.6) is 0 Å². The van der Waals surface area contributed by atoms with Crippen LogP contribution in [0.2, 0.25) is 0 Å². The fraction of sp³-hybridized carbons (Fsp3) is 0.722. The molecule has 0 saturated carbocycles. The van der Waals surface area contributed by atoms with Gasteiger partial charge < -0.3 is 37.9 Å². The van der Waals surface area contributed by atoms with Gasteiger partial charge in [0.15, 0.2) is 6.10 Å². The van der Waals surface area contributed by atoms with E-state index >= 15 is 0 Å². The topological polar surface area (TPSA) is 125 Å². The van der Waals surface area contributed by atoms with Crippen molar-refractivity contribution in [2.45, 2.75) is 20.0 Å². The van der Waals surface area contributed by atoms with E-state index in [2.05, 4.69) is 6.58 Å². The molecule has 1 atom stereocenters. The third-order valence-corrected chi connectivity index (χ3v) is 2.90. The maximum absolute atomic E-state index is 11.7. The highest BCUT2D eigenvalue weighted by Gasteiger charge is 2.19. The average molecular weight is 422 g/mol. The Labute approximate surface area is 170 Å². The van der Waals surface area contributed by atoms with E-state index in [4.69, 9.17) is 37.9 Å². The van der Waals surface area contributed by atoms with Crippen molar-refractivity contribution >= 4 is 18.3 Å². The van der Waals surface area contributed by atoms with E-state index in [0.29, 0.717) is 13.2 Å². The lowest BCUT2D eigenvalue weighted by atomic mass is 10.4. The summed E-state index contributed by atoms with van der Waals surface area (Å²) in [5.74, 6) is -0.586. The number of esters is 1. The molecule has 0 aromatic heterocycles. The molecule has 29 heavy (non-hydrogen) atoms. The quantitative estimate of drug-likeness (QED) is 0.146. The van der Waals surface area contributed by atoms with Crippen LogP contribution in [0.15, 0.2) is 12.7 Å². The van der Waals surface area contributed by atoms with Crippen molar-refractivity contribution in [1.29, 1.82) is 0 Å². The predicted molar refractivity (Wildman–Crippen MR) is 98.5 cm³/mol. The summed E-state index contributed by atoms with van der Waals surface area (Å²) in [4.78, 5) is 34.2. The van der Waals surface area contributed by atoms with E-state index in [9.17, 15) is 14.4 Å². The molecule has 0 aromatic carbocycles. The third-order valence-electron chi connectivity index (χ3n) is 2.90. The van der Waals surface area contributed by atoms with Crippen molar-refractivity contribution < 1.29 is 52.3 Å². The molecule has 0 amide bonds. The van der Waals surface area contributed by atoms with Crippen molar-refractivity contribution in [3.05, 3.63) is 12.7 Å². The molecule has 11 heteroatoms. The average Bonchev–Trinajstić information content (AvgIpc) is 2.71. The molecule has 168 valence electrons. The zero-order valence-electron chi connectivity index (χ0n) is 16.9. The molecule has 0 aromatic rings. The SMILES string of the molecule is C=CC(=O)OCCOCC(COC(=O)OCCOCC)OC(=O)OCCOCC. The second-order valence-corrected chi connectivity index (χ2v) is 5.09. The van der Waals surface area contributed by atoms with E-state index < -0.39 is 24.4 Å². The first kappa shape index (κ1) is 26.6.